The van der Waals surface area contributed by atoms with E-state index in [4.69, 9.17) is 14.5 Å². The fourth-order valence-corrected chi connectivity index (χ4v) is 4.91. The van der Waals surface area contributed by atoms with Gasteiger partial charge in [-0.3, -0.25) is 9.59 Å². The van der Waals surface area contributed by atoms with Crippen molar-refractivity contribution in [3.8, 4) is 11.5 Å². The van der Waals surface area contributed by atoms with E-state index < -0.39 is 23.0 Å². The number of nitrogens with one attached hydrogen (secondary N) is 1. The maximum absolute atomic E-state index is 14.8. The molecule has 0 fully saturated rings. The van der Waals surface area contributed by atoms with E-state index in [-0.39, 0.29) is 35.1 Å². The zero-order valence-corrected chi connectivity index (χ0v) is 23.9. The molecule has 1 aromatic heterocycles. The Kier molecular flexibility index (Phi) is 7.77. The number of hydrogen-bond acceptors (Lipinski definition) is 7. The molecule has 9 nitrogen and oxygen atoms in total. The van der Waals surface area contributed by atoms with E-state index in [1.165, 1.54) is 17.1 Å². The number of nitrogens with zero attached hydrogens (tertiary/aromatic N) is 4. The molecule has 2 aromatic carbocycles. The fourth-order valence-electron chi connectivity index (χ4n) is 4.91. The summed E-state index contributed by atoms with van der Waals surface area (Å²) in [5.41, 5.74) is 4.33. The molecule has 0 atom stereocenters. The SMILES string of the molecule is C=C1C(=O)N(CCCCOc2ccc(C3=NNC(=O)C3(C)C)c(F)c2F)N=C1c1ccc(OC)c2nc(CC)ccc12. The van der Waals surface area contributed by atoms with Crippen LogP contribution in [0, 0.1) is 17.0 Å². The molecule has 2 aliphatic rings. The summed E-state index contributed by atoms with van der Waals surface area (Å²) in [6.45, 7) is 9.55. The van der Waals surface area contributed by atoms with Gasteiger partial charge >= 0.3 is 0 Å². The minimum absolute atomic E-state index is 0.0935. The Morgan fingerprint density at radius 2 is 1.74 bits per heavy atom. The summed E-state index contributed by atoms with van der Waals surface area (Å²) in [6.07, 6.45) is 1.73. The fraction of sp³-hybridized carbons (Fsp3) is 0.323. The summed E-state index contributed by atoms with van der Waals surface area (Å²) in [5, 5.41) is 10.6. The number of fused-ring (bicyclic) bond motifs is 1. The maximum Gasteiger partial charge on any atom is 0.275 e. The number of unbranched alkanes of at least 4 members (excludes halogenated alkanes) is 1. The van der Waals surface area contributed by atoms with Crippen LogP contribution in [0.25, 0.3) is 10.9 Å². The first-order valence-electron chi connectivity index (χ1n) is 13.6. The van der Waals surface area contributed by atoms with Gasteiger partial charge in [0.15, 0.2) is 11.6 Å². The largest absolute Gasteiger partial charge is 0.494 e. The van der Waals surface area contributed by atoms with Crippen molar-refractivity contribution in [2.24, 2.45) is 15.6 Å². The van der Waals surface area contributed by atoms with E-state index in [9.17, 15) is 18.4 Å². The lowest BCUT2D eigenvalue weighted by Crippen LogP contribution is -2.33. The maximum atomic E-state index is 14.8. The molecule has 0 bridgehead atoms. The highest BCUT2D eigenvalue weighted by Crippen LogP contribution is 2.33. The Bertz CT molecular complexity index is 1680. The summed E-state index contributed by atoms with van der Waals surface area (Å²) in [4.78, 5) is 29.6. The zero-order chi connectivity index (χ0) is 30.2. The van der Waals surface area contributed by atoms with E-state index in [0.29, 0.717) is 36.4 Å². The molecule has 3 aromatic rings. The van der Waals surface area contributed by atoms with E-state index in [2.05, 4.69) is 22.2 Å². The molecule has 0 saturated carbocycles. The third-order valence-electron chi connectivity index (χ3n) is 7.47. The predicted octanol–water partition coefficient (Wildman–Crippen LogP) is 4.91. The molecule has 0 radical (unpaired) electrons. The molecular weight excluding hydrogens is 544 g/mol. The molecule has 2 aliphatic heterocycles. The number of rotatable bonds is 10. The topological polar surface area (TPSA) is 105 Å². The molecule has 1 N–H and O–H groups in total. The van der Waals surface area contributed by atoms with E-state index >= 15 is 0 Å². The number of carbonyl (C=O) groups excluding carboxylic acids is 2. The van der Waals surface area contributed by atoms with Crippen molar-refractivity contribution in [3.05, 3.63) is 77.0 Å². The minimum Gasteiger partial charge on any atom is -0.494 e. The van der Waals surface area contributed by atoms with Gasteiger partial charge in [0, 0.05) is 28.8 Å². The summed E-state index contributed by atoms with van der Waals surface area (Å²) >= 11 is 0. The van der Waals surface area contributed by atoms with E-state index in [1.807, 2.05) is 25.1 Å². The first-order chi connectivity index (χ1) is 20.1. The lowest BCUT2D eigenvalue weighted by atomic mass is 9.83. The van der Waals surface area contributed by atoms with Gasteiger partial charge in [0.25, 0.3) is 11.8 Å². The van der Waals surface area contributed by atoms with Crippen molar-refractivity contribution >= 4 is 34.1 Å². The molecule has 0 aliphatic carbocycles. The number of hydrazone groups is 2. The Hall–Kier alpha value is -4.67. The highest BCUT2D eigenvalue weighted by molar-refractivity contribution is 6.33. The van der Waals surface area contributed by atoms with Crippen LogP contribution in [0.3, 0.4) is 0 Å². The summed E-state index contributed by atoms with van der Waals surface area (Å²) in [5.74, 6) is -2.60. The van der Waals surface area contributed by atoms with Crippen LogP contribution in [-0.4, -0.2) is 53.5 Å². The van der Waals surface area contributed by atoms with Gasteiger partial charge in [-0.25, -0.2) is 19.8 Å². The molecular formula is C31H31F2N5O4. The zero-order valence-electron chi connectivity index (χ0n) is 23.9. The van der Waals surface area contributed by atoms with Crippen molar-refractivity contribution in [1.29, 1.82) is 0 Å². The molecule has 0 spiro atoms. The lowest BCUT2D eigenvalue weighted by Gasteiger charge is -2.18. The number of aromatic nitrogens is 1. The highest BCUT2D eigenvalue weighted by Gasteiger charge is 2.41. The number of aryl methyl sites for hydroxylation is 1. The van der Waals surface area contributed by atoms with E-state index in [0.717, 1.165) is 23.1 Å². The number of hydrogen-bond donors (Lipinski definition) is 1. The molecule has 3 heterocycles. The molecule has 5 rings (SSSR count). The highest BCUT2D eigenvalue weighted by atomic mass is 19.2. The van der Waals surface area contributed by atoms with Gasteiger partial charge in [-0.2, -0.15) is 14.6 Å². The van der Waals surface area contributed by atoms with Crippen molar-refractivity contribution in [1.82, 2.24) is 15.4 Å². The number of halogens is 2. The predicted molar refractivity (Wildman–Crippen MR) is 155 cm³/mol. The smallest absolute Gasteiger partial charge is 0.275 e. The second-order valence-electron chi connectivity index (χ2n) is 10.5. The number of amides is 2. The van der Waals surface area contributed by atoms with Crippen molar-refractivity contribution in [2.45, 2.75) is 40.0 Å². The van der Waals surface area contributed by atoms with Gasteiger partial charge < -0.3 is 9.47 Å². The third-order valence-corrected chi connectivity index (χ3v) is 7.47. The number of benzene rings is 2. The molecule has 0 saturated heterocycles. The second kappa shape index (κ2) is 11.3. The normalized spacial score (nSPS) is 16.1. The van der Waals surface area contributed by atoms with Crippen LogP contribution in [0.4, 0.5) is 8.78 Å². The van der Waals surface area contributed by atoms with Crippen LogP contribution in [0.2, 0.25) is 0 Å². The van der Waals surface area contributed by atoms with Gasteiger partial charge in [-0.05, 0) is 63.4 Å². The lowest BCUT2D eigenvalue weighted by molar-refractivity contribution is -0.126. The molecule has 0 unspecified atom stereocenters. The quantitative estimate of drug-likeness (QED) is 0.273. The summed E-state index contributed by atoms with van der Waals surface area (Å²) in [6, 6.07) is 10.2. The van der Waals surface area contributed by atoms with Gasteiger partial charge in [0.2, 0.25) is 5.82 Å². The van der Waals surface area contributed by atoms with Crippen LogP contribution in [0.15, 0.2) is 58.8 Å². The summed E-state index contributed by atoms with van der Waals surface area (Å²) < 4.78 is 40.6. The second-order valence-corrected chi connectivity index (χ2v) is 10.5. The van der Waals surface area contributed by atoms with E-state index in [1.54, 1.807) is 27.0 Å². The monoisotopic (exact) mass is 575 g/mol. The Morgan fingerprint density at radius 1 is 1.00 bits per heavy atom. The standard InChI is InChI=1S/C31H31F2N5O4/c1-6-18-9-10-20-19(11-14-23(41-5)27(20)34-18)26-17(2)29(39)38(37-26)15-7-8-16-42-22-13-12-21(24(32)25(22)33)28-31(3,4)30(40)36-35-28/h9-14H,2,6-8,15-16H2,1,3-5H3,(H,36,40). The van der Waals surface area contributed by atoms with Crippen molar-refractivity contribution < 1.29 is 27.8 Å². The van der Waals surface area contributed by atoms with Crippen LogP contribution in [0.5, 0.6) is 11.5 Å². The molecule has 42 heavy (non-hydrogen) atoms. The van der Waals surface area contributed by atoms with Crippen molar-refractivity contribution in [3.63, 3.8) is 0 Å². The van der Waals surface area contributed by atoms with Gasteiger partial charge in [0.05, 0.1) is 30.4 Å². The van der Waals surface area contributed by atoms with Crippen LogP contribution in [0.1, 0.15) is 50.4 Å². The molecule has 11 heteroatoms. The minimum atomic E-state index is -1.15. The summed E-state index contributed by atoms with van der Waals surface area (Å²) in [7, 11) is 1.59. The van der Waals surface area contributed by atoms with Gasteiger partial charge in [0.1, 0.15) is 17.0 Å². The van der Waals surface area contributed by atoms with Crippen LogP contribution in [-0.2, 0) is 16.0 Å². The first kappa shape index (κ1) is 28.8. The Balaban J connectivity index is 1.23. The first-order valence-corrected chi connectivity index (χ1v) is 13.6. The Morgan fingerprint density at radius 3 is 2.43 bits per heavy atom. The van der Waals surface area contributed by atoms with Crippen molar-refractivity contribution in [2.75, 3.05) is 20.3 Å². The van der Waals surface area contributed by atoms with Gasteiger partial charge in [-0.15, -0.1) is 0 Å². The number of methoxy groups -OCH3 is 1. The third kappa shape index (κ3) is 4.99. The van der Waals surface area contributed by atoms with Crippen LogP contribution < -0.4 is 14.9 Å². The average Bonchev–Trinajstić information content (AvgIpc) is 3.42. The van der Waals surface area contributed by atoms with Gasteiger partial charge in [-0.1, -0.05) is 19.6 Å². The number of carbonyl (C=O) groups is 2. The Labute approximate surface area is 241 Å². The molecule has 2 amide bonds. The van der Waals surface area contributed by atoms with Crippen LogP contribution >= 0.6 is 0 Å². The number of ether oxygens (including phenoxy) is 2. The number of pyridine rings is 1. The average molecular weight is 576 g/mol. The molecule has 218 valence electrons.